The second-order valence-electron chi connectivity index (χ2n) is 10.9. The fraction of sp³-hybridized carbons (Fsp3) is 0.552. The summed E-state index contributed by atoms with van der Waals surface area (Å²) in [6.07, 6.45) is 11.3. The van der Waals surface area contributed by atoms with E-state index in [-0.39, 0.29) is 29.6 Å². The molecule has 188 valence electrons. The Kier molecular flexibility index (Phi) is 6.90. The van der Waals surface area contributed by atoms with Gasteiger partial charge in [-0.2, -0.15) is 0 Å². The van der Waals surface area contributed by atoms with Crippen molar-refractivity contribution in [3.8, 4) is 0 Å². The maximum Gasteiger partial charge on any atom is 0.228 e. The van der Waals surface area contributed by atoms with Crippen molar-refractivity contribution in [2.75, 3.05) is 29.6 Å². The van der Waals surface area contributed by atoms with Crippen LogP contribution in [0, 0.1) is 17.7 Å². The van der Waals surface area contributed by atoms with Crippen molar-refractivity contribution in [3.05, 3.63) is 53.8 Å². The van der Waals surface area contributed by atoms with Gasteiger partial charge in [0.15, 0.2) is 0 Å². The van der Waals surface area contributed by atoms with Gasteiger partial charge in [-0.1, -0.05) is 50.7 Å². The predicted molar refractivity (Wildman–Crippen MR) is 141 cm³/mol. The number of nitrogens with zero attached hydrogens (tertiary/aromatic N) is 1. The molecule has 2 saturated carbocycles. The lowest BCUT2D eigenvalue weighted by Gasteiger charge is -2.44. The summed E-state index contributed by atoms with van der Waals surface area (Å²) in [4.78, 5) is 16.3. The van der Waals surface area contributed by atoms with Crippen LogP contribution in [0.15, 0.2) is 42.5 Å². The Bertz CT molecular complexity index is 1040. The molecule has 1 aliphatic heterocycles. The summed E-state index contributed by atoms with van der Waals surface area (Å²) in [5, 5.41) is 10.8. The molecule has 1 heterocycles. The first-order chi connectivity index (χ1) is 17.0. The molecule has 6 heteroatoms. The van der Waals surface area contributed by atoms with Gasteiger partial charge in [-0.05, 0) is 61.9 Å². The molecule has 2 aromatic rings. The monoisotopic (exact) mass is 478 g/mol. The molecule has 1 amide bonds. The molecule has 3 N–H and O–H groups in total. The van der Waals surface area contributed by atoms with E-state index in [4.69, 9.17) is 0 Å². The van der Waals surface area contributed by atoms with Gasteiger partial charge in [0.05, 0.1) is 17.3 Å². The molecular formula is C29H39FN4O. The lowest BCUT2D eigenvalue weighted by atomic mass is 9.71. The van der Waals surface area contributed by atoms with E-state index in [1.807, 2.05) is 14.1 Å². The van der Waals surface area contributed by atoms with Gasteiger partial charge in [0.2, 0.25) is 5.91 Å². The van der Waals surface area contributed by atoms with Gasteiger partial charge < -0.3 is 20.9 Å². The Morgan fingerprint density at radius 2 is 1.63 bits per heavy atom. The quantitative estimate of drug-likeness (QED) is 0.461. The van der Waals surface area contributed by atoms with Crippen molar-refractivity contribution < 1.29 is 9.18 Å². The minimum absolute atomic E-state index is 0.118. The molecule has 0 bridgehead atoms. The van der Waals surface area contributed by atoms with E-state index >= 15 is 0 Å². The highest BCUT2D eigenvalue weighted by Gasteiger charge is 2.52. The van der Waals surface area contributed by atoms with Crippen molar-refractivity contribution in [2.45, 2.75) is 75.9 Å². The lowest BCUT2D eigenvalue weighted by molar-refractivity contribution is -0.130. The molecule has 0 saturated heterocycles. The zero-order valence-corrected chi connectivity index (χ0v) is 21.1. The number of rotatable bonds is 6. The van der Waals surface area contributed by atoms with Crippen LogP contribution in [0.3, 0.4) is 0 Å². The van der Waals surface area contributed by atoms with E-state index < -0.39 is 5.66 Å². The van der Waals surface area contributed by atoms with Gasteiger partial charge in [0.1, 0.15) is 11.5 Å². The fourth-order valence-corrected chi connectivity index (χ4v) is 6.46. The summed E-state index contributed by atoms with van der Waals surface area (Å²) in [6.45, 7) is 0. The highest BCUT2D eigenvalue weighted by molar-refractivity contribution is 5.86. The van der Waals surface area contributed by atoms with Crippen LogP contribution in [-0.4, -0.2) is 26.0 Å². The normalized spacial score (nSPS) is 23.6. The molecule has 0 radical (unpaired) electrons. The first kappa shape index (κ1) is 24.0. The molecule has 0 spiro atoms. The number of hydrogen-bond acceptors (Lipinski definition) is 4. The Hall–Kier alpha value is -2.76. The van der Waals surface area contributed by atoms with Crippen LogP contribution in [0.2, 0.25) is 0 Å². The standard InChI is InChI=1S/C29H39FN4O/c1-34(2)24-15-9-12-21(18-24)29(32-25-17-16-22(30)19-26(25)33-29)27(20-10-5-3-6-11-20)28(35)31-23-13-7-4-8-14-23/h9,12,15-20,23,27,32-33H,3-8,10-11,13-14H2,1-2H3,(H,31,35). The summed E-state index contributed by atoms with van der Waals surface area (Å²) in [5.41, 5.74) is 2.79. The molecule has 5 rings (SSSR count). The SMILES string of the molecule is CN(C)c1cccc(C2(C(C(=O)NC3CCCCC3)C3CCCCC3)Nc3ccc(F)cc3N2)c1. The van der Waals surface area contributed by atoms with Gasteiger partial charge >= 0.3 is 0 Å². The van der Waals surface area contributed by atoms with Gasteiger partial charge in [-0.25, -0.2) is 4.39 Å². The van der Waals surface area contributed by atoms with Crippen molar-refractivity contribution in [1.82, 2.24) is 5.32 Å². The van der Waals surface area contributed by atoms with Crippen molar-refractivity contribution in [1.29, 1.82) is 0 Å². The van der Waals surface area contributed by atoms with E-state index in [0.717, 1.165) is 55.5 Å². The number of benzene rings is 2. The zero-order chi connectivity index (χ0) is 24.4. The van der Waals surface area contributed by atoms with Crippen LogP contribution in [0.25, 0.3) is 0 Å². The second-order valence-corrected chi connectivity index (χ2v) is 10.9. The third kappa shape index (κ3) is 4.85. The summed E-state index contributed by atoms with van der Waals surface area (Å²) in [7, 11) is 4.06. The third-order valence-electron chi connectivity index (χ3n) is 8.28. The Morgan fingerprint density at radius 3 is 2.34 bits per heavy atom. The summed E-state index contributed by atoms with van der Waals surface area (Å²) in [6, 6.07) is 13.4. The van der Waals surface area contributed by atoms with Crippen LogP contribution in [0.1, 0.15) is 69.8 Å². The maximum atomic E-state index is 14.3. The number of nitrogens with one attached hydrogen (secondary N) is 3. The number of amides is 1. The highest BCUT2D eigenvalue weighted by atomic mass is 19.1. The molecule has 2 aliphatic carbocycles. The molecule has 2 aromatic carbocycles. The van der Waals surface area contributed by atoms with E-state index in [1.54, 1.807) is 6.07 Å². The number of fused-ring (bicyclic) bond motifs is 1. The minimum atomic E-state index is -0.844. The predicted octanol–water partition coefficient (Wildman–Crippen LogP) is 6.23. The van der Waals surface area contributed by atoms with E-state index in [2.05, 4.69) is 45.1 Å². The van der Waals surface area contributed by atoms with Gasteiger partial charge in [-0.15, -0.1) is 0 Å². The van der Waals surface area contributed by atoms with Crippen LogP contribution >= 0.6 is 0 Å². The highest BCUT2D eigenvalue weighted by Crippen LogP contribution is 2.49. The van der Waals surface area contributed by atoms with E-state index in [1.165, 1.54) is 37.8 Å². The van der Waals surface area contributed by atoms with Gasteiger partial charge in [0, 0.05) is 31.4 Å². The number of halogens is 1. The van der Waals surface area contributed by atoms with Crippen molar-refractivity contribution in [3.63, 3.8) is 0 Å². The Balaban J connectivity index is 1.59. The molecule has 3 aliphatic rings. The van der Waals surface area contributed by atoms with Crippen LogP contribution in [0.4, 0.5) is 21.5 Å². The molecule has 2 atom stereocenters. The Labute approximate surface area is 208 Å². The van der Waals surface area contributed by atoms with Crippen molar-refractivity contribution >= 4 is 23.0 Å². The smallest absolute Gasteiger partial charge is 0.228 e. The van der Waals surface area contributed by atoms with Gasteiger partial charge in [-0.3, -0.25) is 4.79 Å². The zero-order valence-electron chi connectivity index (χ0n) is 21.1. The Morgan fingerprint density at radius 1 is 0.943 bits per heavy atom. The number of anilines is 3. The molecule has 2 unspecified atom stereocenters. The first-order valence-electron chi connectivity index (χ1n) is 13.4. The number of carbonyl (C=O) groups is 1. The fourth-order valence-electron chi connectivity index (χ4n) is 6.46. The molecule has 2 fully saturated rings. The molecule has 5 nitrogen and oxygen atoms in total. The van der Waals surface area contributed by atoms with Gasteiger partial charge in [0.25, 0.3) is 0 Å². The minimum Gasteiger partial charge on any atom is -0.378 e. The number of hydrogen-bond donors (Lipinski definition) is 3. The number of carbonyl (C=O) groups excluding carboxylic acids is 1. The first-order valence-corrected chi connectivity index (χ1v) is 13.4. The van der Waals surface area contributed by atoms with Crippen LogP contribution < -0.4 is 20.9 Å². The topological polar surface area (TPSA) is 56.4 Å². The molecular weight excluding hydrogens is 439 g/mol. The summed E-state index contributed by atoms with van der Waals surface area (Å²) < 4.78 is 14.3. The second kappa shape index (κ2) is 10.1. The largest absolute Gasteiger partial charge is 0.378 e. The maximum absolute atomic E-state index is 14.3. The van der Waals surface area contributed by atoms with Crippen molar-refractivity contribution in [2.24, 2.45) is 11.8 Å². The summed E-state index contributed by atoms with van der Waals surface area (Å²) in [5.74, 6) is -0.240. The summed E-state index contributed by atoms with van der Waals surface area (Å²) >= 11 is 0. The lowest BCUT2D eigenvalue weighted by Crippen LogP contribution is -2.56. The van der Waals surface area contributed by atoms with Crippen LogP contribution in [-0.2, 0) is 10.5 Å². The van der Waals surface area contributed by atoms with E-state index in [9.17, 15) is 9.18 Å². The third-order valence-corrected chi connectivity index (χ3v) is 8.28. The average Bonchev–Trinajstić information content (AvgIpc) is 3.24. The average molecular weight is 479 g/mol. The van der Waals surface area contributed by atoms with E-state index in [0.29, 0.717) is 5.69 Å². The molecule has 35 heavy (non-hydrogen) atoms. The van der Waals surface area contributed by atoms with Crippen LogP contribution in [0.5, 0.6) is 0 Å². The molecule has 0 aromatic heterocycles.